The van der Waals surface area contributed by atoms with E-state index in [1.54, 1.807) is 12.3 Å². The molecule has 0 aliphatic rings. The second-order valence-corrected chi connectivity index (χ2v) is 6.33. The van der Waals surface area contributed by atoms with E-state index in [1.807, 2.05) is 19.9 Å². The van der Waals surface area contributed by atoms with Gasteiger partial charge in [0.1, 0.15) is 5.75 Å². The highest BCUT2D eigenvalue weighted by Gasteiger charge is 2.30. The Labute approximate surface area is 140 Å². The maximum absolute atomic E-state index is 12.6. The molecule has 2 aromatic heterocycles. The van der Waals surface area contributed by atoms with Crippen molar-refractivity contribution in [2.75, 3.05) is 0 Å². The smallest absolute Gasteiger partial charge is 0.416 e. The van der Waals surface area contributed by atoms with Crippen molar-refractivity contribution in [3.8, 4) is 22.1 Å². The summed E-state index contributed by atoms with van der Waals surface area (Å²) in [6, 6.07) is 8.17. The first-order valence-corrected chi connectivity index (χ1v) is 7.91. The van der Waals surface area contributed by atoms with Gasteiger partial charge >= 0.3 is 6.18 Å². The van der Waals surface area contributed by atoms with Crippen LogP contribution in [0.2, 0.25) is 0 Å². The summed E-state index contributed by atoms with van der Waals surface area (Å²) in [5, 5.41) is 0.923. The van der Waals surface area contributed by atoms with Crippen LogP contribution in [0.25, 0.3) is 10.4 Å². The first kappa shape index (κ1) is 16.4. The molecule has 24 heavy (non-hydrogen) atoms. The maximum Gasteiger partial charge on any atom is 0.416 e. The van der Waals surface area contributed by atoms with Gasteiger partial charge < -0.3 is 4.74 Å². The van der Waals surface area contributed by atoms with Gasteiger partial charge in [0.15, 0.2) is 0 Å². The van der Waals surface area contributed by atoms with E-state index in [9.17, 15) is 13.2 Å². The lowest BCUT2D eigenvalue weighted by molar-refractivity contribution is -0.137. The van der Waals surface area contributed by atoms with E-state index in [2.05, 4.69) is 9.97 Å². The van der Waals surface area contributed by atoms with E-state index in [-0.39, 0.29) is 0 Å². The van der Waals surface area contributed by atoms with Crippen LogP contribution in [0, 0.1) is 13.8 Å². The summed E-state index contributed by atoms with van der Waals surface area (Å²) in [4.78, 5) is 9.52. The molecule has 3 rings (SSSR count). The van der Waals surface area contributed by atoms with Crippen molar-refractivity contribution in [1.29, 1.82) is 0 Å². The lowest BCUT2D eigenvalue weighted by Crippen LogP contribution is -2.04. The molecule has 0 saturated heterocycles. The zero-order valence-corrected chi connectivity index (χ0v) is 13.7. The number of thiazole rings is 1. The van der Waals surface area contributed by atoms with Crippen LogP contribution < -0.4 is 4.74 Å². The Morgan fingerprint density at radius 2 is 1.75 bits per heavy atom. The first-order valence-electron chi connectivity index (χ1n) is 7.09. The minimum absolute atomic E-state index is 0.293. The van der Waals surface area contributed by atoms with Gasteiger partial charge in [0.05, 0.1) is 26.7 Å². The van der Waals surface area contributed by atoms with Gasteiger partial charge in [0, 0.05) is 6.20 Å². The number of hydrogen-bond acceptors (Lipinski definition) is 4. The van der Waals surface area contributed by atoms with Crippen molar-refractivity contribution in [2.24, 2.45) is 0 Å². The van der Waals surface area contributed by atoms with Crippen LogP contribution in [0.15, 0.2) is 42.6 Å². The third kappa shape index (κ3) is 3.41. The maximum atomic E-state index is 12.6. The Kier molecular flexibility index (Phi) is 4.28. The summed E-state index contributed by atoms with van der Waals surface area (Å²) in [6.07, 6.45) is -2.79. The van der Waals surface area contributed by atoms with Gasteiger partial charge in [-0.2, -0.15) is 13.2 Å². The van der Waals surface area contributed by atoms with E-state index >= 15 is 0 Å². The minimum atomic E-state index is -4.37. The second kappa shape index (κ2) is 6.24. The predicted octanol–water partition coefficient (Wildman–Crippen LogP) is 5.63. The molecular weight excluding hydrogens is 337 g/mol. The van der Waals surface area contributed by atoms with E-state index < -0.39 is 11.7 Å². The van der Waals surface area contributed by atoms with E-state index in [1.165, 1.54) is 23.5 Å². The number of nitrogens with zero attached hydrogens (tertiary/aromatic N) is 2. The predicted molar refractivity (Wildman–Crippen MR) is 86.3 cm³/mol. The number of pyridine rings is 1. The summed E-state index contributed by atoms with van der Waals surface area (Å²) in [5.41, 5.74) is 0.910. The lowest BCUT2D eigenvalue weighted by atomic mass is 10.2. The molecule has 0 radical (unpaired) electrons. The molecule has 0 saturated carbocycles. The zero-order valence-electron chi connectivity index (χ0n) is 12.9. The molecule has 0 amide bonds. The quantitative estimate of drug-likeness (QED) is 0.614. The summed E-state index contributed by atoms with van der Waals surface area (Å²) in [5.74, 6) is 0.630. The van der Waals surface area contributed by atoms with Gasteiger partial charge in [0.2, 0.25) is 5.88 Å². The van der Waals surface area contributed by atoms with Crippen molar-refractivity contribution in [3.63, 3.8) is 0 Å². The topological polar surface area (TPSA) is 35.0 Å². The summed E-state index contributed by atoms with van der Waals surface area (Å²) in [7, 11) is 0. The normalized spacial score (nSPS) is 11.5. The number of ether oxygens (including phenoxy) is 1. The van der Waals surface area contributed by atoms with E-state index in [4.69, 9.17) is 4.74 Å². The highest BCUT2D eigenvalue weighted by molar-refractivity contribution is 7.15. The molecule has 2 heterocycles. The Morgan fingerprint density at radius 1 is 1.04 bits per heavy atom. The molecule has 0 aliphatic heterocycles. The second-order valence-electron chi connectivity index (χ2n) is 5.13. The molecule has 0 fully saturated rings. The fraction of sp³-hybridized carbons (Fsp3) is 0.176. The number of rotatable bonds is 3. The van der Waals surface area contributed by atoms with Gasteiger partial charge in [-0.25, -0.2) is 9.97 Å². The van der Waals surface area contributed by atoms with Gasteiger partial charge in [-0.1, -0.05) is 0 Å². The van der Waals surface area contributed by atoms with Gasteiger partial charge in [-0.15, -0.1) is 11.3 Å². The molecule has 0 aliphatic carbocycles. The molecule has 0 bridgehead atoms. The fourth-order valence-corrected chi connectivity index (χ4v) is 3.19. The van der Waals surface area contributed by atoms with Gasteiger partial charge in [-0.05, 0) is 50.2 Å². The molecule has 1 aromatic carbocycles. The van der Waals surface area contributed by atoms with Crippen molar-refractivity contribution >= 4 is 11.3 Å². The Morgan fingerprint density at radius 3 is 2.33 bits per heavy atom. The SMILES string of the molecule is Cc1nc(C)c(-c2cccnc2Oc2ccc(C(F)(F)F)cc2)s1. The van der Waals surface area contributed by atoms with E-state index in [0.717, 1.165) is 33.3 Å². The molecule has 0 atom stereocenters. The fourth-order valence-electron chi connectivity index (χ4n) is 2.25. The number of aryl methyl sites for hydroxylation is 2. The number of benzene rings is 1. The number of aromatic nitrogens is 2. The third-order valence-electron chi connectivity index (χ3n) is 3.32. The van der Waals surface area contributed by atoms with Gasteiger partial charge in [0.25, 0.3) is 0 Å². The van der Waals surface area contributed by atoms with Crippen LogP contribution >= 0.6 is 11.3 Å². The monoisotopic (exact) mass is 350 g/mol. The molecule has 0 spiro atoms. The molecule has 3 nitrogen and oxygen atoms in total. The summed E-state index contributed by atoms with van der Waals surface area (Å²) in [6.45, 7) is 3.81. The molecule has 124 valence electrons. The van der Waals surface area contributed by atoms with Crippen LogP contribution in [0.1, 0.15) is 16.3 Å². The standard InChI is InChI=1S/C17H13F3N2OS/c1-10-15(24-11(2)22-10)14-4-3-9-21-16(14)23-13-7-5-12(6-8-13)17(18,19)20/h3-9H,1-2H3. The summed E-state index contributed by atoms with van der Waals surface area (Å²) < 4.78 is 43.6. The van der Waals surface area contributed by atoms with Crippen molar-refractivity contribution in [1.82, 2.24) is 9.97 Å². The Bertz CT molecular complexity index is 857. The first-order chi connectivity index (χ1) is 11.3. The minimum Gasteiger partial charge on any atom is -0.438 e. The van der Waals surface area contributed by atoms with Crippen LogP contribution in [-0.2, 0) is 6.18 Å². The average molecular weight is 350 g/mol. The molecule has 0 N–H and O–H groups in total. The van der Waals surface area contributed by atoms with Crippen LogP contribution in [0.4, 0.5) is 13.2 Å². The van der Waals surface area contributed by atoms with Crippen LogP contribution in [0.5, 0.6) is 11.6 Å². The third-order valence-corrected chi connectivity index (χ3v) is 4.42. The van der Waals surface area contributed by atoms with Crippen molar-refractivity contribution in [3.05, 3.63) is 58.9 Å². The van der Waals surface area contributed by atoms with Crippen LogP contribution in [0.3, 0.4) is 0 Å². The molecule has 3 aromatic rings. The molecule has 7 heteroatoms. The van der Waals surface area contributed by atoms with E-state index in [0.29, 0.717) is 11.6 Å². The largest absolute Gasteiger partial charge is 0.438 e. The highest BCUT2D eigenvalue weighted by atomic mass is 32.1. The molecular formula is C17H13F3N2OS. The van der Waals surface area contributed by atoms with Gasteiger partial charge in [-0.3, -0.25) is 0 Å². The van der Waals surface area contributed by atoms with Crippen molar-refractivity contribution in [2.45, 2.75) is 20.0 Å². The average Bonchev–Trinajstić information content (AvgIpc) is 2.86. The number of halogens is 3. The zero-order chi connectivity index (χ0) is 17.3. The summed E-state index contributed by atoms with van der Waals surface area (Å²) >= 11 is 1.52. The Hall–Kier alpha value is -2.41. The van der Waals surface area contributed by atoms with Crippen molar-refractivity contribution < 1.29 is 17.9 Å². The lowest BCUT2D eigenvalue weighted by Gasteiger charge is -2.10. The number of alkyl halides is 3. The molecule has 0 unspecified atom stereocenters. The van der Waals surface area contributed by atoms with Crippen LogP contribution in [-0.4, -0.2) is 9.97 Å². The number of hydrogen-bond donors (Lipinski definition) is 0. The highest BCUT2D eigenvalue weighted by Crippen LogP contribution is 2.37. The Balaban J connectivity index is 1.93.